The summed E-state index contributed by atoms with van der Waals surface area (Å²) in [6.45, 7) is 2.85. The molecule has 14 heavy (non-hydrogen) atoms. The molecule has 76 valence electrons. The number of amides is 1. The Morgan fingerprint density at radius 1 is 1.36 bits per heavy atom. The number of piperazine rings is 1. The number of aromatic nitrogens is 3. The molecule has 2 heterocycles. The predicted octanol–water partition coefficient (Wildman–Crippen LogP) is -1.86. The summed E-state index contributed by atoms with van der Waals surface area (Å²) in [6.07, 6.45) is 0. The number of aromatic amines is 2. The molecule has 3 N–H and O–H groups in total. The van der Waals surface area contributed by atoms with Crippen LogP contribution in [0.2, 0.25) is 0 Å². The average Bonchev–Trinajstić information content (AvgIpc) is 2.65. The number of rotatable bonds is 1. The smallest absolute Gasteiger partial charge is 0.333 e. The summed E-state index contributed by atoms with van der Waals surface area (Å²) in [7, 11) is 0. The maximum absolute atomic E-state index is 11.7. The third kappa shape index (κ3) is 1.67. The van der Waals surface area contributed by atoms with Crippen molar-refractivity contribution in [2.45, 2.75) is 0 Å². The van der Waals surface area contributed by atoms with Crippen molar-refractivity contribution in [2.75, 3.05) is 26.2 Å². The summed E-state index contributed by atoms with van der Waals surface area (Å²) >= 11 is 0. The van der Waals surface area contributed by atoms with E-state index in [0.717, 1.165) is 13.1 Å². The van der Waals surface area contributed by atoms with Gasteiger partial charge in [-0.2, -0.15) is 0 Å². The molecule has 0 radical (unpaired) electrons. The Hall–Kier alpha value is -1.63. The van der Waals surface area contributed by atoms with E-state index in [1.165, 1.54) is 0 Å². The lowest BCUT2D eigenvalue weighted by Gasteiger charge is -2.26. The van der Waals surface area contributed by atoms with Crippen molar-refractivity contribution in [3.05, 3.63) is 16.3 Å². The van der Waals surface area contributed by atoms with Crippen LogP contribution in [0, 0.1) is 0 Å². The van der Waals surface area contributed by atoms with Crippen LogP contribution in [0.5, 0.6) is 0 Å². The fourth-order valence-corrected chi connectivity index (χ4v) is 1.39. The van der Waals surface area contributed by atoms with Crippen LogP contribution in [0.3, 0.4) is 0 Å². The Kier molecular flexibility index (Phi) is 2.32. The summed E-state index contributed by atoms with van der Waals surface area (Å²) in [5, 5.41) is 8.88. The van der Waals surface area contributed by atoms with Gasteiger partial charge in [-0.25, -0.2) is 9.89 Å². The lowest BCUT2D eigenvalue weighted by molar-refractivity contribution is 0.0724. The second kappa shape index (κ2) is 3.62. The lowest BCUT2D eigenvalue weighted by atomic mass is 10.3. The number of nitrogens with zero attached hydrogens (tertiary/aromatic N) is 2. The molecule has 7 heteroatoms. The average molecular weight is 197 g/mol. The van der Waals surface area contributed by atoms with Gasteiger partial charge in [0.2, 0.25) is 5.82 Å². The van der Waals surface area contributed by atoms with Crippen molar-refractivity contribution in [3.8, 4) is 0 Å². The Morgan fingerprint density at radius 3 is 2.64 bits per heavy atom. The summed E-state index contributed by atoms with van der Waals surface area (Å²) in [4.78, 5) is 26.4. The molecule has 1 aromatic heterocycles. The van der Waals surface area contributed by atoms with Gasteiger partial charge in [-0.05, 0) is 0 Å². The van der Waals surface area contributed by atoms with Crippen LogP contribution < -0.4 is 11.0 Å². The first-order chi connectivity index (χ1) is 6.77. The summed E-state index contributed by atoms with van der Waals surface area (Å²) in [5.74, 6) is -0.151. The Morgan fingerprint density at radius 2 is 2.07 bits per heavy atom. The third-order valence-corrected chi connectivity index (χ3v) is 2.11. The first-order valence-corrected chi connectivity index (χ1v) is 4.42. The maximum Gasteiger partial charge on any atom is 0.341 e. The highest BCUT2D eigenvalue weighted by Gasteiger charge is 2.20. The third-order valence-electron chi connectivity index (χ3n) is 2.11. The molecule has 1 aliphatic rings. The summed E-state index contributed by atoms with van der Waals surface area (Å²) in [5.41, 5.74) is -0.455. The molecule has 0 bridgehead atoms. The van der Waals surface area contributed by atoms with E-state index in [1.807, 2.05) is 0 Å². The zero-order valence-electron chi connectivity index (χ0n) is 7.54. The normalized spacial score (nSPS) is 17.0. The molecule has 0 spiro atoms. The highest BCUT2D eigenvalue weighted by molar-refractivity contribution is 5.90. The Balaban J connectivity index is 2.10. The number of hydrogen-bond donors (Lipinski definition) is 3. The fourth-order valence-electron chi connectivity index (χ4n) is 1.39. The van der Waals surface area contributed by atoms with E-state index in [1.54, 1.807) is 4.90 Å². The van der Waals surface area contributed by atoms with Crippen molar-refractivity contribution < 1.29 is 4.79 Å². The van der Waals surface area contributed by atoms with E-state index in [2.05, 4.69) is 20.5 Å². The molecular weight excluding hydrogens is 186 g/mol. The van der Waals surface area contributed by atoms with Crippen LogP contribution in [0.25, 0.3) is 0 Å². The SMILES string of the molecule is O=C(c1n[nH]c(=O)[nH]1)N1CCNCC1. The van der Waals surface area contributed by atoms with Gasteiger partial charge in [0.1, 0.15) is 0 Å². The highest BCUT2D eigenvalue weighted by atomic mass is 16.2. The number of hydrogen-bond acceptors (Lipinski definition) is 4. The van der Waals surface area contributed by atoms with Gasteiger partial charge >= 0.3 is 5.69 Å². The number of carbonyl (C=O) groups is 1. The van der Waals surface area contributed by atoms with Gasteiger partial charge in [0.05, 0.1) is 0 Å². The van der Waals surface area contributed by atoms with Crippen molar-refractivity contribution in [1.29, 1.82) is 0 Å². The van der Waals surface area contributed by atoms with E-state index < -0.39 is 5.69 Å². The van der Waals surface area contributed by atoms with Crippen LogP contribution in [0.4, 0.5) is 0 Å². The second-order valence-electron chi connectivity index (χ2n) is 3.07. The fraction of sp³-hybridized carbons (Fsp3) is 0.571. The van der Waals surface area contributed by atoms with E-state index in [9.17, 15) is 9.59 Å². The predicted molar refractivity (Wildman–Crippen MR) is 48.0 cm³/mol. The van der Waals surface area contributed by atoms with Crippen molar-refractivity contribution >= 4 is 5.91 Å². The largest absolute Gasteiger partial charge is 0.341 e. The quantitative estimate of drug-likeness (QED) is 0.492. The van der Waals surface area contributed by atoms with Gasteiger partial charge in [-0.1, -0.05) is 0 Å². The van der Waals surface area contributed by atoms with Crippen LogP contribution >= 0.6 is 0 Å². The van der Waals surface area contributed by atoms with Crippen molar-refractivity contribution in [1.82, 2.24) is 25.4 Å². The van der Waals surface area contributed by atoms with Gasteiger partial charge < -0.3 is 10.2 Å². The van der Waals surface area contributed by atoms with E-state index in [0.29, 0.717) is 13.1 Å². The topological polar surface area (TPSA) is 93.9 Å². The van der Waals surface area contributed by atoms with Crippen molar-refractivity contribution in [2.24, 2.45) is 0 Å². The van der Waals surface area contributed by atoms with Crippen LogP contribution in [0.15, 0.2) is 4.79 Å². The van der Waals surface area contributed by atoms with Crippen molar-refractivity contribution in [3.63, 3.8) is 0 Å². The maximum atomic E-state index is 11.7. The molecule has 1 fully saturated rings. The molecule has 0 saturated carbocycles. The molecule has 1 amide bonds. The molecule has 0 atom stereocenters. The van der Waals surface area contributed by atoms with E-state index >= 15 is 0 Å². The van der Waals surface area contributed by atoms with Crippen LogP contribution in [-0.2, 0) is 0 Å². The second-order valence-corrected chi connectivity index (χ2v) is 3.07. The number of nitrogens with one attached hydrogen (secondary N) is 3. The van der Waals surface area contributed by atoms with Gasteiger partial charge in [0, 0.05) is 26.2 Å². The zero-order valence-corrected chi connectivity index (χ0v) is 7.54. The molecule has 2 rings (SSSR count). The molecule has 7 nitrogen and oxygen atoms in total. The van der Waals surface area contributed by atoms with Crippen LogP contribution in [0.1, 0.15) is 10.6 Å². The summed E-state index contributed by atoms with van der Waals surface area (Å²) < 4.78 is 0. The Bertz CT molecular complexity index is 375. The van der Waals surface area contributed by atoms with Crippen LogP contribution in [-0.4, -0.2) is 52.2 Å². The van der Waals surface area contributed by atoms with Gasteiger partial charge in [0.15, 0.2) is 0 Å². The molecule has 1 aliphatic heterocycles. The Labute approximate surface area is 79.5 Å². The van der Waals surface area contributed by atoms with Gasteiger partial charge in [0.25, 0.3) is 5.91 Å². The standard InChI is InChI=1S/C7H11N5O2/c13-6(5-9-7(14)11-10-5)12-3-1-8-2-4-12/h8H,1-4H2,(H2,9,10,11,14). The molecule has 1 saturated heterocycles. The van der Waals surface area contributed by atoms with Gasteiger partial charge in [-0.3, -0.25) is 9.78 Å². The molecular formula is C7H11N5O2. The zero-order chi connectivity index (χ0) is 9.97. The van der Waals surface area contributed by atoms with E-state index in [-0.39, 0.29) is 11.7 Å². The lowest BCUT2D eigenvalue weighted by Crippen LogP contribution is -2.46. The van der Waals surface area contributed by atoms with Gasteiger partial charge in [-0.15, -0.1) is 5.10 Å². The molecule has 0 aromatic carbocycles. The number of H-pyrrole nitrogens is 2. The minimum atomic E-state index is -0.455. The summed E-state index contributed by atoms with van der Waals surface area (Å²) in [6, 6.07) is 0. The highest BCUT2D eigenvalue weighted by Crippen LogP contribution is 1.97. The minimum absolute atomic E-state index is 0.0805. The minimum Gasteiger partial charge on any atom is -0.333 e. The molecule has 1 aromatic rings. The first-order valence-electron chi connectivity index (χ1n) is 4.42. The monoisotopic (exact) mass is 197 g/mol. The van der Waals surface area contributed by atoms with E-state index in [4.69, 9.17) is 0 Å². The first kappa shape index (κ1) is 8.95. The molecule has 0 unspecified atom stereocenters. The molecule has 0 aliphatic carbocycles. The number of carbonyl (C=O) groups excluding carboxylic acids is 1.